The minimum atomic E-state index is 0.0424. The first kappa shape index (κ1) is 14.5. The predicted molar refractivity (Wildman–Crippen MR) is 76.0 cm³/mol. The van der Waals surface area contributed by atoms with Crippen molar-refractivity contribution in [3.63, 3.8) is 0 Å². The number of nitrogens with two attached hydrogens (primary N) is 1. The van der Waals surface area contributed by atoms with E-state index in [2.05, 4.69) is 0 Å². The van der Waals surface area contributed by atoms with Gasteiger partial charge in [-0.1, -0.05) is 0 Å². The summed E-state index contributed by atoms with van der Waals surface area (Å²) in [5.41, 5.74) is 7.34. The molecule has 0 saturated heterocycles. The maximum absolute atomic E-state index is 12.3. The van der Waals surface area contributed by atoms with Gasteiger partial charge in [0.05, 0.1) is 0 Å². The molecule has 0 fully saturated rings. The lowest BCUT2D eigenvalue weighted by Gasteiger charge is -2.26. The Kier molecular flexibility index (Phi) is 5.16. The summed E-state index contributed by atoms with van der Waals surface area (Å²) in [5.74, 6) is 0.0424. The number of anilines is 1. The van der Waals surface area contributed by atoms with E-state index in [1.807, 2.05) is 57.1 Å². The van der Waals surface area contributed by atoms with Gasteiger partial charge in [0, 0.05) is 44.5 Å². The standard InChI is InChI=1S/C14H23N3O/c1-11(2)17(10-9-15)14(18)12-5-7-13(8-6-12)16(3)4/h5-8,11H,9-10,15H2,1-4H3. The van der Waals surface area contributed by atoms with Crippen LogP contribution in [0.4, 0.5) is 5.69 Å². The lowest BCUT2D eigenvalue weighted by molar-refractivity contribution is 0.0712. The molecule has 0 spiro atoms. The summed E-state index contributed by atoms with van der Waals surface area (Å²) >= 11 is 0. The molecule has 100 valence electrons. The predicted octanol–water partition coefficient (Wildman–Crippen LogP) is 1.56. The van der Waals surface area contributed by atoms with E-state index in [9.17, 15) is 4.79 Å². The van der Waals surface area contributed by atoms with Gasteiger partial charge in [0.25, 0.3) is 5.91 Å². The minimum Gasteiger partial charge on any atom is -0.378 e. The molecule has 2 N–H and O–H groups in total. The average molecular weight is 249 g/mol. The van der Waals surface area contributed by atoms with Gasteiger partial charge in [0.15, 0.2) is 0 Å². The van der Waals surface area contributed by atoms with E-state index >= 15 is 0 Å². The van der Waals surface area contributed by atoms with Gasteiger partial charge in [0.2, 0.25) is 0 Å². The summed E-state index contributed by atoms with van der Waals surface area (Å²) in [7, 11) is 3.96. The smallest absolute Gasteiger partial charge is 0.254 e. The van der Waals surface area contributed by atoms with Crippen LogP contribution >= 0.6 is 0 Å². The second-order valence-corrected chi connectivity index (χ2v) is 4.82. The Morgan fingerprint density at radius 1 is 1.22 bits per heavy atom. The van der Waals surface area contributed by atoms with Gasteiger partial charge in [-0.25, -0.2) is 0 Å². The molecule has 4 nitrogen and oxygen atoms in total. The van der Waals surface area contributed by atoms with Crippen LogP contribution in [0.25, 0.3) is 0 Å². The van der Waals surface area contributed by atoms with Gasteiger partial charge in [-0.15, -0.1) is 0 Å². The van der Waals surface area contributed by atoms with Crippen molar-refractivity contribution in [1.82, 2.24) is 4.90 Å². The second kappa shape index (κ2) is 6.40. The van der Waals surface area contributed by atoms with E-state index in [0.717, 1.165) is 5.69 Å². The number of rotatable bonds is 5. The van der Waals surface area contributed by atoms with Crippen LogP contribution in [0.15, 0.2) is 24.3 Å². The van der Waals surface area contributed by atoms with Crippen molar-refractivity contribution in [3.8, 4) is 0 Å². The third-order valence-electron chi connectivity index (χ3n) is 2.88. The highest BCUT2D eigenvalue weighted by atomic mass is 16.2. The van der Waals surface area contributed by atoms with Crippen molar-refractivity contribution in [3.05, 3.63) is 29.8 Å². The molecule has 0 aliphatic carbocycles. The Hall–Kier alpha value is -1.55. The molecule has 0 aliphatic heterocycles. The number of nitrogens with zero attached hydrogens (tertiary/aromatic N) is 2. The molecule has 1 aromatic rings. The lowest BCUT2D eigenvalue weighted by atomic mass is 10.1. The number of carbonyl (C=O) groups excluding carboxylic acids is 1. The molecule has 1 aromatic carbocycles. The highest BCUT2D eigenvalue weighted by Crippen LogP contribution is 2.14. The summed E-state index contributed by atoms with van der Waals surface area (Å²) in [5, 5.41) is 0. The van der Waals surface area contributed by atoms with E-state index in [-0.39, 0.29) is 11.9 Å². The molecule has 1 amide bonds. The lowest BCUT2D eigenvalue weighted by Crippen LogP contribution is -2.40. The number of carbonyl (C=O) groups is 1. The van der Waals surface area contributed by atoms with E-state index in [4.69, 9.17) is 5.73 Å². The zero-order valence-electron chi connectivity index (χ0n) is 11.7. The first-order chi connectivity index (χ1) is 8.47. The fourth-order valence-electron chi connectivity index (χ4n) is 1.80. The SMILES string of the molecule is CC(C)N(CCN)C(=O)c1ccc(N(C)C)cc1. The Morgan fingerprint density at radius 3 is 2.17 bits per heavy atom. The van der Waals surface area contributed by atoms with E-state index in [1.54, 1.807) is 4.90 Å². The summed E-state index contributed by atoms with van der Waals surface area (Å²) in [6.07, 6.45) is 0. The molecule has 0 radical (unpaired) electrons. The average Bonchev–Trinajstić information content (AvgIpc) is 2.35. The normalized spacial score (nSPS) is 10.6. The zero-order valence-corrected chi connectivity index (χ0v) is 11.7. The highest BCUT2D eigenvalue weighted by molar-refractivity contribution is 5.94. The van der Waals surface area contributed by atoms with E-state index in [1.165, 1.54) is 0 Å². The summed E-state index contributed by atoms with van der Waals surface area (Å²) < 4.78 is 0. The first-order valence-electron chi connectivity index (χ1n) is 6.25. The molecule has 0 unspecified atom stereocenters. The second-order valence-electron chi connectivity index (χ2n) is 4.82. The molecule has 0 saturated carbocycles. The molecule has 0 aromatic heterocycles. The van der Waals surface area contributed by atoms with Gasteiger partial charge in [0.1, 0.15) is 0 Å². The zero-order chi connectivity index (χ0) is 13.7. The minimum absolute atomic E-state index is 0.0424. The van der Waals surface area contributed by atoms with Crippen molar-refractivity contribution in [2.75, 3.05) is 32.1 Å². The fraction of sp³-hybridized carbons (Fsp3) is 0.500. The van der Waals surface area contributed by atoms with Crippen LogP contribution in [0.1, 0.15) is 24.2 Å². The number of hydrogen-bond acceptors (Lipinski definition) is 3. The van der Waals surface area contributed by atoms with Gasteiger partial charge in [-0.2, -0.15) is 0 Å². The topological polar surface area (TPSA) is 49.6 Å². The van der Waals surface area contributed by atoms with Crippen molar-refractivity contribution < 1.29 is 4.79 Å². The molecular formula is C14H23N3O. The number of amides is 1. The molecule has 0 bridgehead atoms. The Morgan fingerprint density at radius 2 is 1.78 bits per heavy atom. The van der Waals surface area contributed by atoms with Gasteiger partial charge >= 0.3 is 0 Å². The number of hydrogen-bond donors (Lipinski definition) is 1. The quantitative estimate of drug-likeness (QED) is 0.861. The first-order valence-corrected chi connectivity index (χ1v) is 6.25. The molecule has 0 aliphatic rings. The van der Waals surface area contributed by atoms with Crippen molar-refractivity contribution >= 4 is 11.6 Å². The maximum Gasteiger partial charge on any atom is 0.254 e. The molecular weight excluding hydrogens is 226 g/mol. The fourth-order valence-corrected chi connectivity index (χ4v) is 1.80. The molecule has 1 rings (SSSR count). The summed E-state index contributed by atoms with van der Waals surface area (Å²) in [4.78, 5) is 16.1. The highest BCUT2D eigenvalue weighted by Gasteiger charge is 2.17. The Balaban J connectivity index is 2.88. The third-order valence-corrected chi connectivity index (χ3v) is 2.88. The third kappa shape index (κ3) is 3.47. The van der Waals surface area contributed by atoms with Crippen molar-refractivity contribution in [2.45, 2.75) is 19.9 Å². The van der Waals surface area contributed by atoms with Gasteiger partial charge in [-0.05, 0) is 38.1 Å². The van der Waals surface area contributed by atoms with Gasteiger partial charge in [-0.3, -0.25) is 4.79 Å². The summed E-state index contributed by atoms with van der Waals surface area (Å²) in [6.45, 7) is 5.08. The molecule has 0 heterocycles. The molecule has 18 heavy (non-hydrogen) atoms. The largest absolute Gasteiger partial charge is 0.378 e. The van der Waals surface area contributed by atoms with Crippen molar-refractivity contribution in [1.29, 1.82) is 0 Å². The molecule has 4 heteroatoms. The number of benzene rings is 1. The van der Waals surface area contributed by atoms with Crippen LogP contribution in [0.2, 0.25) is 0 Å². The van der Waals surface area contributed by atoms with Crippen LogP contribution in [0, 0.1) is 0 Å². The van der Waals surface area contributed by atoms with Crippen LogP contribution < -0.4 is 10.6 Å². The van der Waals surface area contributed by atoms with Crippen molar-refractivity contribution in [2.24, 2.45) is 5.73 Å². The monoisotopic (exact) mass is 249 g/mol. The van der Waals surface area contributed by atoms with Crippen LogP contribution in [0.3, 0.4) is 0 Å². The Bertz CT molecular complexity index is 385. The Labute approximate surface area is 109 Å². The van der Waals surface area contributed by atoms with Crippen LogP contribution in [-0.2, 0) is 0 Å². The molecule has 0 atom stereocenters. The van der Waals surface area contributed by atoms with E-state index < -0.39 is 0 Å². The van der Waals surface area contributed by atoms with Gasteiger partial charge < -0.3 is 15.5 Å². The maximum atomic E-state index is 12.3. The summed E-state index contributed by atoms with van der Waals surface area (Å²) in [6, 6.07) is 7.80. The van der Waals surface area contributed by atoms with Crippen LogP contribution in [-0.4, -0.2) is 44.0 Å². The van der Waals surface area contributed by atoms with Crippen LogP contribution in [0.5, 0.6) is 0 Å². The van der Waals surface area contributed by atoms with E-state index in [0.29, 0.717) is 18.7 Å².